The Bertz CT molecular complexity index is 775. The zero-order chi connectivity index (χ0) is 17.2. The standard InChI is InChI=1S/C18H22FN5O/c19-13-7-3-4-8-14(13)20-18(25)23-12-6-9-15(23)17-22-21-16-10-2-1-5-11-24(16)17/h3-4,7-8,15H,1-2,5-6,9-12H2,(H,20,25)/t15-/m1/s1. The van der Waals surface area contributed by atoms with E-state index < -0.39 is 5.82 Å². The average Bonchev–Trinajstić information content (AvgIpc) is 3.18. The largest absolute Gasteiger partial charge is 0.322 e. The topological polar surface area (TPSA) is 63.1 Å². The Hall–Kier alpha value is -2.44. The number of hydrogen-bond donors (Lipinski definition) is 1. The lowest BCUT2D eigenvalue weighted by Crippen LogP contribution is -2.35. The van der Waals surface area contributed by atoms with E-state index in [0.717, 1.165) is 50.3 Å². The lowest BCUT2D eigenvalue weighted by Gasteiger charge is -2.25. The van der Waals surface area contributed by atoms with Gasteiger partial charge in [0.25, 0.3) is 0 Å². The summed E-state index contributed by atoms with van der Waals surface area (Å²) in [4.78, 5) is 14.5. The molecule has 6 nitrogen and oxygen atoms in total. The molecule has 2 aliphatic rings. The van der Waals surface area contributed by atoms with E-state index in [2.05, 4.69) is 20.1 Å². The van der Waals surface area contributed by atoms with Crippen molar-refractivity contribution in [3.05, 3.63) is 41.7 Å². The van der Waals surface area contributed by atoms with Crippen LogP contribution in [0.1, 0.15) is 49.8 Å². The van der Waals surface area contributed by atoms with E-state index in [1.807, 2.05) is 0 Å². The highest BCUT2D eigenvalue weighted by atomic mass is 19.1. The molecule has 1 saturated heterocycles. The molecule has 0 unspecified atom stereocenters. The Morgan fingerprint density at radius 1 is 1.12 bits per heavy atom. The fraction of sp³-hybridized carbons (Fsp3) is 0.500. The van der Waals surface area contributed by atoms with Crippen LogP contribution in [0.4, 0.5) is 14.9 Å². The fourth-order valence-corrected chi connectivity index (χ4v) is 3.78. The molecular formula is C18H22FN5O. The highest BCUT2D eigenvalue weighted by Gasteiger charge is 2.34. The molecule has 0 aliphatic carbocycles. The number of urea groups is 1. The van der Waals surface area contributed by atoms with E-state index in [9.17, 15) is 9.18 Å². The molecule has 2 aromatic rings. The number of aryl methyl sites for hydroxylation is 1. The number of nitrogens with one attached hydrogen (secondary N) is 1. The minimum atomic E-state index is -0.428. The third kappa shape index (κ3) is 3.10. The van der Waals surface area contributed by atoms with E-state index in [4.69, 9.17) is 0 Å². The molecule has 7 heteroatoms. The van der Waals surface area contributed by atoms with Crippen LogP contribution in [0.2, 0.25) is 0 Å². The predicted molar refractivity (Wildman–Crippen MR) is 91.7 cm³/mol. The maximum absolute atomic E-state index is 13.8. The molecule has 1 atom stereocenters. The molecule has 2 aliphatic heterocycles. The van der Waals surface area contributed by atoms with Crippen molar-refractivity contribution in [3.8, 4) is 0 Å². The van der Waals surface area contributed by atoms with E-state index in [1.165, 1.54) is 12.5 Å². The Balaban J connectivity index is 1.56. The molecule has 0 bridgehead atoms. The van der Waals surface area contributed by atoms with Gasteiger partial charge >= 0.3 is 6.03 Å². The first kappa shape index (κ1) is 16.1. The number of nitrogens with zero attached hydrogens (tertiary/aromatic N) is 4. The van der Waals surface area contributed by atoms with Crippen LogP contribution in [0.3, 0.4) is 0 Å². The average molecular weight is 343 g/mol. The van der Waals surface area contributed by atoms with Crippen LogP contribution in [0.5, 0.6) is 0 Å². The fourth-order valence-electron chi connectivity index (χ4n) is 3.78. The second kappa shape index (κ2) is 6.82. The third-order valence-electron chi connectivity index (χ3n) is 5.07. The Morgan fingerprint density at radius 2 is 2.00 bits per heavy atom. The second-order valence-electron chi connectivity index (χ2n) is 6.70. The van der Waals surface area contributed by atoms with Crippen molar-refractivity contribution in [2.24, 2.45) is 0 Å². The number of benzene rings is 1. The summed E-state index contributed by atoms with van der Waals surface area (Å²) in [5.41, 5.74) is 0.207. The maximum Gasteiger partial charge on any atom is 0.322 e. The zero-order valence-corrected chi connectivity index (χ0v) is 14.1. The van der Waals surface area contributed by atoms with Crippen molar-refractivity contribution < 1.29 is 9.18 Å². The van der Waals surface area contributed by atoms with Crippen molar-refractivity contribution in [2.45, 2.75) is 51.1 Å². The van der Waals surface area contributed by atoms with Crippen LogP contribution in [0.15, 0.2) is 24.3 Å². The van der Waals surface area contributed by atoms with Gasteiger partial charge in [0.05, 0.1) is 11.7 Å². The molecule has 0 spiro atoms. The van der Waals surface area contributed by atoms with Gasteiger partial charge in [-0.3, -0.25) is 0 Å². The highest BCUT2D eigenvalue weighted by Crippen LogP contribution is 2.33. The number of para-hydroxylation sites is 1. The van der Waals surface area contributed by atoms with Crippen LogP contribution < -0.4 is 5.32 Å². The van der Waals surface area contributed by atoms with Crippen molar-refractivity contribution in [2.75, 3.05) is 11.9 Å². The first-order valence-electron chi connectivity index (χ1n) is 8.98. The number of aromatic nitrogens is 3. The molecule has 1 aromatic carbocycles. The number of rotatable bonds is 2. The summed E-state index contributed by atoms with van der Waals surface area (Å²) in [5.74, 6) is 1.47. The lowest BCUT2D eigenvalue weighted by molar-refractivity contribution is 0.203. The summed E-state index contributed by atoms with van der Waals surface area (Å²) in [5, 5.41) is 11.4. The Kier molecular flexibility index (Phi) is 4.38. The molecule has 4 rings (SSSR count). The van der Waals surface area contributed by atoms with Gasteiger partial charge < -0.3 is 14.8 Å². The number of halogens is 1. The molecule has 3 heterocycles. The van der Waals surface area contributed by atoms with E-state index >= 15 is 0 Å². The summed E-state index contributed by atoms with van der Waals surface area (Å²) in [6, 6.07) is 5.86. The summed E-state index contributed by atoms with van der Waals surface area (Å²) < 4.78 is 16.0. The SMILES string of the molecule is O=C(Nc1ccccc1F)N1CCC[C@@H]1c1nnc2n1CCCCC2. The van der Waals surface area contributed by atoms with Crippen LogP contribution in [-0.2, 0) is 13.0 Å². The minimum Gasteiger partial charge on any atom is -0.314 e. The molecule has 25 heavy (non-hydrogen) atoms. The van der Waals surface area contributed by atoms with Gasteiger partial charge in [0.15, 0.2) is 5.82 Å². The smallest absolute Gasteiger partial charge is 0.314 e. The zero-order valence-electron chi connectivity index (χ0n) is 14.1. The van der Waals surface area contributed by atoms with Crippen molar-refractivity contribution >= 4 is 11.7 Å². The van der Waals surface area contributed by atoms with Crippen LogP contribution in [0.25, 0.3) is 0 Å². The molecule has 0 radical (unpaired) electrons. The van der Waals surface area contributed by atoms with Gasteiger partial charge in [0, 0.05) is 19.5 Å². The van der Waals surface area contributed by atoms with E-state index in [-0.39, 0.29) is 17.8 Å². The minimum absolute atomic E-state index is 0.0916. The number of hydrogen-bond acceptors (Lipinski definition) is 3. The summed E-state index contributed by atoms with van der Waals surface area (Å²) in [6.07, 6.45) is 6.18. The van der Waals surface area contributed by atoms with Gasteiger partial charge in [-0.15, -0.1) is 10.2 Å². The molecule has 1 aromatic heterocycles. The van der Waals surface area contributed by atoms with Gasteiger partial charge in [-0.2, -0.15) is 0 Å². The number of anilines is 1. The van der Waals surface area contributed by atoms with Gasteiger partial charge in [0.2, 0.25) is 0 Å². The molecule has 0 saturated carbocycles. The molecule has 132 valence electrons. The normalized spacial score (nSPS) is 20.2. The van der Waals surface area contributed by atoms with E-state index in [0.29, 0.717) is 6.54 Å². The van der Waals surface area contributed by atoms with E-state index in [1.54, 1.807) is 23.1 Å². The highest BCUT2D eigenvalue weighted by molar-refractivity contribution is 5.89. The number of fused-ring (bicyclic) bond motifs is 1. The summed E-state index contributed by atoms with van der Waals surface area (Å²) >= 11 is 0. The predicted octanol–water partition coefficient (Wildman–Crippen LogP) is 3.51. The number of carbonyl (C=O) groups is 1. The first-order valence-corrected chi connectivity index (χ1v) is 8.98. The third-order valence-corrected chi connectivity index (χ3v) is 5.07. The number of likely N-dealkylation sites (tertiary alicyclic amines) is 1. The summed E-state index contributed by atoms with van der Waals surface area (Å²) in [6.45, 7) is 1.56. The molecule has 1 fully saturated rings. The van der Waals surface area contributed by atoms with Crippen molar-refractivity contribution in [1.29, 1.82) is 0 Å². The maximum atomic E-state index is 13.8. The van der Waals surface area contributed by atoms with Gasteiger partial charge in [0.1, 0.15) is 11.6 Å². The van der Waals surface area contributed by atoms with Gasteiger partial charge in [-0.25, -0.2) is 9.18 Å². The van der Waals surface area contributed by atoms with Crippen molar-refractivity contribution in [1.82, 2.24) is 19.7 Å². The monoisotopic (exact) mass is 343 g/mol. The van der Waals surface area contributed by atoms with Gasteiger partial charge in [-0.05, 0) is 37.8 Å². The number of amides is 2. The lowest BCUT2D eigenvalue weighted by atomic mass is 10.2. The first-order chi connectivity index (χ1) is 12.2. The Morgan fingerprint density at radius 3 is 2.88 bits per heavy atom. The molecule has 1 N–H and O–H groups in total. The molecule has 2 amide bonds. The second-order valence-corrected chi connectivity index (χ2v) is 6.70. The van der Waals surface area contributed by atoms with Crippen LogP contribution >= 0.6 is 0 Å². The Labute approximate surface area is 146 Å². The molecular weight excluding hydrogens is 321 g/mol. The van der Waals surface area contributed by atoms with Gasteiger partial charge in [-0.1, -0.05) is 18.6 Å². The van der Waals surface area contributed by atoms with Crippen LogP contribution in [0, 0.1) is 5.82 Å². The number of carbonyl (C=O) groups excluding carboxylic acids is 1. The quantitative estimate of drug-likeness (QED) is 0.907. The van der Waals surface area contributed by atoms with Crippen LogP contribution in [-0.4, -0.2) is 32.2 Å². The van der Waals surface area contributed by atoms with Crippen molar-refractivity contribution in [3.63, 3.8) is 0 Å². The summed E-state index contributed by atoms with van der Waals surface area (Å²) in [7, 11) is 0.